The number of ketones is 1. The molecule has 1 atom stereocenters. The van der Waals surface area contributed by atoms with E-state index < -0.39 is 19.0 Å². The average molecular weight is 301 g/mol. The summed E-state index contributed by atoms with van der Waals surface area (Å²) in [7, 11) is -4.68. The van der Waals surface area contributed by atoms with E-state index in [-0.39, 0.29) is 30.0 Å². The summed E-state index contributed by atoms with van der Waals surface area (Å²) in [6, 6.07) is 6.29. The molecule has 0 aliphatic heterocycles. The van der Waals surface area contributed by atoms with Gasteiger partial charge in [-0.2, -0.15) is 0 Å². The zero-order valence-electron chi connectivity index (χ0n) is 10.8. The van der Waals surface area contributed by atoms with Crippen molar-refractivity contribution in [2.45, 2.75) is 19.0 Å². The molecule has 8 heteroatoms. The lowest BCUT2D eigenvalue weighted by Crippen LogP contribution is -2.28. The smallest absolute Gasteiger partial charge is 0.324 e. The molecule has 1 aromatic rings. The Morgan fingerprint density at radius 2 is 1.90 bits per heavy atom. The lowest BCUT2D eigenvalue weighted by atomic mass is 10.0. The minimum absolute atomic E-state index is 0.104. The number of Topliss-reactive ketones (excluding diaryl/α,β-unsaturated/α-hetero) is 1. The molecular formula is C12H16NO6P. The van der Waals surface area contributed by atoms with Crippen LogP contribution in [0, 0.1) is 6.92 Å². The molecule has 0 radical (unpaired) electrons. The van der Waals surface area contributed by atoms with Gasteiger partial charge in [-0.05, 0) is 13.3 Å². The monoisotopic (exact) mass is 301 g/mol. The lowest BCUT2D eigenvalue weighted by molar-refractivity contribution is -0.149. The standard InChI is InChI=1S/C12H16NO6P/c1-9-2-4-10(5-3-9)12(15)11(20(17,18)19)6-7-13(16)8-14/h2-5,8,11,16H,6-7H2,1H3,(H2,17,18,19). The SMILES string of the molecule is Cc1ccc(C(=O)C(CCN(O)C=O)P(=O)(O)O)cc1. The molecule has 3 N–H and O–H groups in total. The quantitative estimate of drug-likeness (QED) is 0.227. The molecule has 1 rings (SSSR count). The molecule has 0 saturated heterocycles. The molecular weight excluding hydrogens is 285 g/mol. The van der Waals surface area contributed by atoms with Crippen LogP contribution in [0.1, 0.15) is 22.3 Å². The van der Waals surface area contributed by atoms with Gasteiger partial charge < -0.3 is 9.79 Å². The van der Waals surface area contributed by atoms with Crippen LogP contribution in [0.4, 0.5) is 0 Å². The molecule has 0 bridgehead atoms. The summed E-state index contributed by atoms with van der Waals surface area (Å²) < 4.78 is 11.4. The van der Waals surface area contributed by atoms with Crippen LogP contribution in [0.5, 0.6) is 0 Å². The van der Waals surface area contributed by atoms with E-state index in [1.807, 2.05) is 6.92 Å². The molecule has 0 heterocycles. The van der Waals surface area contributed by atoms with Crippen LogP contribution in [0.15, 0.2) is 24.3 Å². The molecule has 1 amide bonds. The van der Waals surface area contributed by atoms with Crippen LogP contribution in [-0.2, 0) is 9.36 Å². The van der Waals surface area contributed by atoms with E-state index in [1.165, 1.54) is 12.1 Å². The van der Waals surface area contributed by atoms with E-state index in [4.69, 9.17) is 5.21 Å². The van der Waals surface area contributed by atoms with Crippen LogP contribution in [0.3, 0.4) is 0 Å². The van der Waals surface area contributed by atoms with Crippen molar-refractivity contribution in [3.63, 3.8) is 0 Å². The van der Waals surface area contributed by atoms with E-state index in [0.29, 0.717) is 0 Å². The first-order chi connectivity index (χ1) is 9.25. The first-order valence-corrected chi connectivity index (χ1v) is 7.50. The average Bonchev–Trinajstić information content (AvgIpc) is 2.37. The highest BCUT2D eigenvalue weighted by molar-refractivity contribution is 7.53. The molecule has 0 fully saturated rings. The zero-order chi connectivity index (χ0) is 15.3. The van der Waals surface area contributed by atoms with Gasteiger partial charge in [0.2, 0.25) is 6.41 Å². The number of hydrogen-bond donors (Lipinski definition) is 3. The van der Waals surface area contributed by atoms with Crippen LogP contribution < -0.4 is 0 Å². The predicted octanol–water partition coefficient (Wildman–Crippen LogP) is 0.962. The maximum atomic E-state index is 12.1. The second-order valence-corrected chi connectivity index (χ2v) is 6.19. The summed E-state index contributed by atoms with van der Waals surface area (Å²) in [5.41, 5.74) is -0.490. The third-order valence-corrected chi connectivity index (χ3v) is 4.10. The van der Waals surface area contributed by atoms with Crippen molar-refractivity contribution in [3.8, 4) is 0 Å². The van der Waals surface area contributed by atoms with Gasteiger partial charge in [0.15, 0.2) is 5.78 Å². The highest BCUT2D eigenvalue weighted by Gasteiger charge is 2.36. The van der Waals surface area contributed by atoms with Gasteiger partial charge in [-0.15, -0.1) is 0 Å². The van der Waals surface area contributed by atoms with Crippen molar-refractivity contribution in [1.29, 1.82) is 0 Å². The van der Waals surface area contributed by atoms with Crippen LogP contribution >= 0.6 is 7.60 Å². The molecule has 0 aliphatic rings. The third kappa shape index (κ3) is 4.54. The fourth-order valence-corrected chi connectivity index (χ4v) is 2.58. The number of aryl methyl sites for hydroxylation is 1. The summed E-state index contributed by atoms with van der Waals surface area (Å²) in [6.45, 7) is 1.49. The summed E-state index contributed by atoms with van der Waals surface area (Å²) >= 11 is 0. The summed E-state index contributed by atoms with van der Waals surface area (Å²) in [4.78, 5) is 40.9. The number of amides is 1. The number of hydrogen-bond acceptors (Lipinski definition) is 4. The Bertz CT molecular complexity index is 523. The minimum atomic E-state index is -4.68. The molecule has 0 spiro atoms. The van der Waals surface area contributed by atoms with E-state index in [1.54, 1.807) is 12.1 Å². The van der Waals surface area contributed by atoms with E-state index >= 15 is 0 Å². The van der Waals surface area contributed by atoms with Crippen molar-refractivity contribution in [2.75, 3.05) is 6.54 Å². The van der Waals surface area contributed by atoms with E-state index in [0.717, 1.165) is 5.56 Å². The third-order valence-electron chi connectivity index (χ3n) is 2.80. The Kier molecular flexibility index (Phi) is 5.59. The van der Waals surface area contributed by atoms with Gasteiger partial charge in [0.05, 0.1) is 0 Å². The normalized spacial score (nSPS) is 12.8. The van der Waals surface area contributed by atoms with Gasteiger partial charge in [-0.1, -0.05) is 29.8 Å². The number of carbonyl (C=O) groups excluding carboxylic acids is 2. The highest BCUT2D eigenvalue weighted by atomic mass is 31.2. The zero-order valence-corrected chi connectivity index (χ0v) is 11.7. The van der Waals surface area contributed by atoms with Gasteiger partial charge in [0.1, 0.15) is 5.66 Å². The van der Waals surface area contributed by atoms with E-state index in [9.17, 15) is 23.9 Å². The number of carbonyl (C=O) groups is 2. The number of nitrogens with zero attached hydrogens (tertiary/aromatic N) is 1. The number of rotatable bonds is 7. The van der Waals surface area contributed by atoms with Crippen LogP contribution in [0.2, 0.25) is 0 Å². The Labute approximate surface area is 116 Å². The minimum Gasteiger partial charge on any atom is -0.324 e. The highest BCUT2D eigenvalue weighted by Crippen LogP contribution is 2.44. The fraction of sp³-hybridized carbons (Fsp3) is 0.333. The van der Waals surface area contributed by atoms with Gasteiger partial charge in [0.25, 0.3) is 0 Å². The lowest BCUT2D eigenvalue weighted by Gasteiger charge is -2.18. The summed E-state index contributed by atoms with van der Waals surface area (Å²) in [5, 5.41) is 9.20. The topological polar surface area (TPSA) is 115 Å². The van der Waals surface area contributed by atoms with E-state index in [2.05, 4.69) is 0 Å². The van der Waals surface area contributed by atoms with Crippen molar-refractivity contribution >= 4 is 19.8 Å². The van der Waals surface area contributed by atoms with Crippen LogP contribution in [0.25, 0.3) is 0 Å². The van der Waals surface area contributed by atoms with Crippen molar-refractivity contribution < 1.29 is 29.1 Å². The molecule has 1 aromatic carbocycles. The maximum Gasteiger partial charge on any atom is 0.336 e. The molecule has 1 unspecified atom stereocenters. The molecule has 20 heavy (non-hydrogen) atoms. The maximum absolute atomic E-state index is 12.1. The Morgan fingerprint density at radius 1 is 1.35 bits per heavy atom. The Hall–Kier alpha value is -1.53. The largest absolute Gasteiger partial charge is 0.336 e. The molecule has 7 nitrogen and oxygen atoms in total. The van der Waals surface area contributed by atoms with Gasteiger partial charge >= 0.3 is 7.60 Å². The fourth-order valence-electron chi connectivity index (χ4n) is 1.67. The molecule has 110 valence electrons. The molecule has 0 saturated carbocycles. The van der Waals surface area contributed by atoms with Crippen molar-refractivity contribution in [1.82, 2.24) is 5.06 Å². The second kappa shape index (κ2) is 6.76. The molecule has 0 aromatic heterocycles. The number of benzene rings is 1. The summed E-state index contributed by atoms with van der Waals surface area (Å²) in [6.07, 6.45) is -0.223. The predicted molar refractivity (Wildman–Crippen MR) is 70.5 cm³/mol. The molecule has 0 aliphatic carbocycles. The first kappa shape index (κ1) is 16.5. The first-order valence-electron chi connectivity index (χ1n) is 5.82. The number of hydroxylamine groups is 2. The Morgan fingerprint density at radius 3 is 2.35 bits per heavy atom. The van der Waals surface area contributed by atoms with Crippen molar-refractivity contribution in [2.24, 2.45) is 0 Å². The van der Waals surface area contributed by atoms with Gasteiger partial charge in [-0.3, -0.25) is 19.4 Å². The second-order valence-electron chi connectivity index (χ2n) is 4.39. The van der Waals surface area contributed by atoms with Crippen molar-refractivity contribution in [3.05, 3.63) is 35.4 Å². The summed E-state index contributed by atoms with van der Waals surface area (Å²) in [5.74, 6) is -0.711. The van der Waals surface area contributed by atoms with Gasteiger partial charge in [0, 0.05) is 12.1 Å². The van der Waals surface area contributed by atoms with Gasteiger partial charge in [-0.25, -0.2) is 5.06 Å². The van der Waals surface area contributed by atoms with Crippen LogP contribution in [-0.4, -0.2) is 44.5 Å². The Balaban J connectivity index is 2.93.